The van der Waals surface area contributed by atoms with Crippen LogP contribution in [0.1, 0.15) is 31.7 Å². The van der Waals surface area contributed by atoms with E-state index in [-0.39, 0.29) is 18.4 Å². The van der Waals surface area contributed by atoms with Crippen LogP contribution in [0.4, 0.5) is 0 Å². The van der Waals surface area contributed by atoms with Crippen LogP contribution in [0.2, 0.25) is 0 Å². The minimum absolute atomic E-state index is 0.0325. The first-order chi connectivity index (χ1) is 12.6. The Kier molecular flexibility index (Phi) is 8.41. The maximum atomic E-state index is 12.4. The van der Waals surface area contributed by atoms with Crippen molar-refractivity contribution in [1.29, 1.82) is 0 Å². The Hall–Kier alpha value is -2.08. The van der Waals surface area contributed by atoms with Crippen LogP contribution in [0.5, 0.6) is 5.75 Å². The monoisotopic (exact) mass is 362 g/mol. The van der Waals surface area contributed by atoms with Crippen molar-refractivity contribution < 1.29 is 19.1 Å². The quantitative estimate of drug-likeness (QED) is 0.711. The molecule has 1 aromatic rings. The van der Waals surface area contributed by atoms with Crippen LogP contribution in [-0.2, 0) is 20.7 Å². The second-order valence-corrected chi connectivity index (χ2v) is 6.54. The first-order valence-corrected chi connectivity index (χ1v) is 9.40. The van der Waals surface area contributed by atoms with E-state index in [9.17, 15) is 9.59 Å². The number of benzene rings is 1. The average molecular weight is 362 g/mol. The van der Waals surface area contributed by atoms with Crippen LogP contribution >= 0.6 is 0 Å². The average Bonchev–Trinajstić information content (AvgIpc) is 2.92. The number of nitrogens with zero attached hydrogens (tertiary/aromatic N) is 2. The minimum atomic E-state index is -0.0335. The Morgan fingerprint density at radius 2 is 1.65 bits per heavy atom. The summed E-state index contributed by atoms with van der Waals surface area (Å²) < 4.78 is 10.6. The summed E-state index contributed by atoms with van der Waals surface area (Å²) in [5, 5.41) is 0. The normalized spacial score (nSPS) is 14.8. The Labute approximate surface area is 156 Å². The van der Waals surface area contributed by atoms with Gasteiger partial charge < -0.3 is 19.3 Å². The largest absolute Gasteiger partial charge is 0.484 e. The number of amides is 2. The summed E-state index contributed by atoms with van der Waals surface area (Å²) in [6.07, 6.45) is 3.34. The van der Waals surface area contributed by atoms with Gasteiger partial charge in [0.25, 0.3) is 5.91 Å². The fourth-order valence-electron chi connectivity index (χ4n) is 3.04. The van der Waals surface area contributed by atoms with Crippen molar-refractivity contribution in [2.24, 2.45) is 0 Å². The fraction of sp³-hybridized carbons (Fsp3) is 0.600. The van der Waals surface area contributed by atoms with Gasteiger partial charge in [0.1, 0.15) is 5.75 Å². The predicted octanol–water partition coefficient (Wildman–Crippen LogP) is 2.12. The molecule has 0 bridgehead atoms. The highest BCUT2D eigenvalue weighted by atomic mass is 16.5. The molecule has 2 amide bonds. The summed E-state index contributed by atoms with van der Waals surface area (Å²) in [6.45, 7) is 5.08. The van der Waals surface area contributed by atoms with Crippen LogP contribution in [-0.4, -0.2) is 68.1 Å². The highest BCUT2D eigenvalue weighted by Gasteiger charge is 2.22. The van der Waals surface area contributed by atoms with E-state index in [0.717, 1.165) is 19.3 Å². The Balaban J connectivity index is 1.77. The van der Waals surface area contributed by atoms with Crippen molar-refractivity contribution in [2.45, 2.75) is 32.6 Å². The zero-order chi connectivity index (χ0) is 18.8. The molecule has 0 aliphatic carbocycles. The number of aryl methyl sites for hydroxylation is 1. The van der Waals surface area contributed by atoms with Crippen LogP contribution in [0.15, 0.2) is 24.3 Å². The first kappa shape index (κ1) is 20.2. The van der Waals surface area contributed by atoms with Gasteiger partial charge in [0, 0.05) is 33.3 Å². The smallest absolute Gasteiger partial charge is 0.260 e. The van der Waals surface area contributed by atoms with Gasteiger partial charge in [-0.1, -0.05) is 25.5 Å². The van der Waals surface area contributed by atoms with Crippen LogP contribution in [0.3, 0.4) is 0 Å². The summed E-state index contributed by atoms with van der Waals surface area (Å²) >= 11 is 0. The Bertz CT molecular complexity index is 574. The molecule has 1 heterocycles. The SMILES string of the molecule is CCCc1ccc(OCC(=O)N2CCCN(C(=O)CCOC)CC2)cc1. The van der Waals surface area contributed by atoms with Gasteiger partial charge in [0.05, 0.1) is 13.0 Å². The van der Waals surface area contributed by atoms with Crippen molar-refractivity contribution in [1.82, 2.24) is 9.80 Å². The van der Waals surface area contributed by atoms with Crippen molar-refractivity contribution in [3.05, 3.63) is 29.8 Å². The van der Waals surface area contributed by atoms with Crippen molar-refractivity contribution >= 4 is 11.8 Å². The lowest BCUT2D eigenvalue weighted by Crippen LogP contribution is -2.39. The van der Waals surface area contributed by atoms with E-state index in [1.165, 1.54) is 5.56 Å². The standard InChI is InChI=1S/C20H30N2O4/c1-3-5-17-6-8-18(9-7-17)26-16-20(24)22-12-4-11-21(13-14-22)19(23)10-15-25-2/h6-9H,3-5,10-16H2,1-2H3. The number of carbonyl (C=O) groups is 2. The molecule has 0 saturated carbocycles. The van der Waals surface area contributed by atoms with E-state index in [4.69, 9.17) is 9.47 Å². The molecule has 1 aliphatic rings. The molecular weight excluding hydrogens is 332 g/mol. The number of methoxy groups -OCH3 is 1. The fourth-order valence-corrected chi connectivity index (χ4v) is 3.04. The number of carbonyl (C=O) groups excluding carboxylic acids is 2. The van der Waals surface area contributed by atoms with E-state index in [1.54, 1.807) is 12.0 Å². The van der Waals surface area contributed by atoms with E-state index >= 15 is 0 Å². The maximum absolute atomic E-state index is 12.4. The lowest BCUT2D eigenvalue weighted by Gasteiger charge is -2.22. The molecule has 0 N–H and O–H groups in total. The summed E-state index contributed by atoms with van der Waals surface area (Å²) in [5.41, 5.74) is 1.27. The summed E-state index contributed by atoms with van der Waals surface area (Å²) in [6, 6.07) is 7.91. The molecule has 6 heteroatoms. The van der Waals surface area contributed by atoms with Crippen molar-refractivity contribution in [3.63, 3.8) is 0 Å². The lowest BCUT2D eigenvalue weighted by molar-refractivity contribution is -0.135. The molecule has 0 unspecified atom stereocenters. The van der Waals surface area contributed by atoms with Gasteiger partial charge in [-0.15, -0.1) is 0 Å². The predicted molar refractivity (Wildman–Crippen MR) is 100 cm³/mol. The molecule has 1 aromatic carbocycles. The first-order valence-electron chi connectivity index (χ1n) is 9.40. The Morgan fingerprint density at radius 1 is 1.00 bits per heavy atom. The van der Waals surface area contributed by atoms with E-state index in [1.807, 2.05) is 29.2 Å². The van der Waals surface area contributed by atoms with Gasteiger partial charge in [-0.05, 0) is 30.5 Å². The summed E-state index contributed by atoms with van der Waals surface area (Å²) in [4.78, 5) is 28.1. The molecule has 26 heavy (non-hydrogen) atoms. The number of hydrogen-bond acceptors (Lipinski definition) is 4. The molecule has 1 saturated heterocycles. The number of hydrogen-bond donors (Lipinski definition) is 0. The molecule has 2 rings (SSSR count). The third kappa shape index (κ3) is 6.33. The molecule has 0 atom stereocenters. The van der Waals surface area contributed by atoms with Crippen molar-refractivity contribution in [2.75, 3.05) is 46.5 Å². The minimum Gasteiger partial charge on any atom is -0.484 e. The molecule has 6 nitrogen and oxygen atoms in total. The molecular formula is C20H30N2O4. The maximum Gasteiger partial charge on any atom is 0.260 e. The van der Waals surface area contributed by atoms with E-state index in [2.05, 4.69) is 6.92 Å². The third-order valence-corrected chi connectivity index (χ3v) is 4.55. The molecule has 0 spiro atoms. The van der Waals surface area contributed by atoms with Gasteiger partial charge >= 0.3 is 0 Å². The number of rotatable bonds is 8. The number of ether oxygens (including phenoxy) is 2. The summed E-state index contributed by atoms with van der Waals surface area (Å²) in [7, 11) is 1.59. The third-order valence-electron chi connectivity index (χ3n) is 4.55. The van der Waals surface area contributed by atoms with Crippen LogP contribution in [0.25, 0.3) is 0 Å². The topological polar surface area (TPSA) is 59.1 Å². The van der Waals surface area contributed by atoms with Crippen molar-refractivity contribution in [3.8, 4) is 5.75 Å². The zero-order valence-corrected chi connectivity index (χ0v) is 15.9. The van der Waals surface area contributed by atoms with Gasteiger partial charge in [0.15, 0.2) is 6.61 Å². The second kappa shape index (κ2) is 10.8. The summed E-state index contributed by atoms with van der Waals surface area (Å²) in [5.74, 6) is 0.766. The van der Waals surface area contributed by atoms with Gasteiger partial charge in [-0.2, -0.15) is 0 Å². The molecule has 144 valence electrons. The zero-order valence-electron chi connectivity index (χ0n) is 15.9. The van der Waals surface area contributed by atoms with Gasteiger partial charge in [-0.3, -0.25) is 9.59 Å². The highest BCUT2D eigenvalue weighted by Crippen LogP contribution is 2.14. The van der Waals surface area contributed by atoms with Gasteiger partial charge in [-0.25, -0.2) is 0 Å². The molecule has 1 aliphatic heterocycles. The molecule has 0 radical (unpaired) electrons. The lowest BCUT2D eigenvalue weighted by atomic mass is 10.1. The van der Waals surface area contributed by atoms with E-state index < -0.39 is 0 Å². The van der Waals surface area contributed by atoms with Crippen LogP contribution in [0, 0.1) is 0 Å². The molecule has 1 fully saturated rings. The Morgan fingerprint density at radius 3 is 2.27 bits per heavy atom. The highest BCUT2D eigenvalue weighted by molar-refractivity contribution is 5.78. The van der Waals surface area contributed by atoms with Gasteiger partial charge in [0.2, 0.25) is 5.91 Å². The second-order valence-electron chi connectivity index (χ2n) is 6.54. The van der Waals surface area contributed by atoms with Crippen LogP contribution < -0.4 is 4.74 Å². The molecule has 0 aromatic heterocycles. The van der Waals surface area contributed by atoms with E-state index in [0.29, 0.717) is 45.0 Å².